The molecule has 0 aliphatic heterocycles. The molecular formula is C17H19BrFN. The maximum absolute atomic E-state index is 13.3. The van der Waals surface area contributed by atoms with Gasteiger partial charge in [0.2, 0.25) is 0 Å². The molecule has 0 amide bonds. The summed E-state index contributed by atoms with van der Waals surface area (Å²) in [5.41, 5.74) is 2.21. The van der Waals surface area contributed by atoms with E-state index in [1.807, 2.05) is 18.2 Å². The fraction of sp³-hybridized carbons (Fsp3) is 0.294. The molecule has 1 nitrogen and oxygen atoms in total. The fourth-order valence-electron chi connectivity index (χ4n) is 2.35. The van der Waals surface area contributed by atoms with Gasteiger partial charge in [-0.1, -0.05) is 47.1 Å². The van der Waals surface area contributed by atoms with Crippen molar-refractivity contribution < 1.29 is 4.39 Å². The molecule has 0 radical (unpaired) electrons. The van der Waals surface area contributed by atoms with Crippen LogP contribution in [0.25, 0.3) is 0 Å². The smallest absolute Gasteiger partial charge is 0.123 e. The Morgan fingerprint density at radius 1 is 1.10 bits per heavy atom. The van der Waals surface area contributed by atoms with Gasteiger partial charge in [-0.2, -0.15) is 0 Å². The molecule has 3 heteroatoms. The number of halogens is 2. The molecule has 0 bridgehead atoms. The first-order valence-electron chi connectivity index (χ1n) is 6.87. The molecule has 2 rings (SSSR count). The van der Waals surface area contributed by atoms with Gasteiger partial charge in [-0.3, -0.25) is 0 Å². The van der Waals surface area contributed by atoms with Crippen molar-refractivity contribution in [1.29, 1.82) is 0 Å². The van der Waals surface area contributed by atoms with Crippen molar-refractivity contribution in [2.24, 2.45) is 0 Å². The Labute approximate surface area is 128 Å². The maximum atomic E-state index is 13.3. The van der Waals surface area contributed by atoms with E-state index >= 15 is 0 Å². The quantitative estimate of drug-likeness (QED) is 0.772. The zero-order chi connectivity index (χ0) is 14.5. The first-order valence-corrected chi connectivity index (χ1v) is 7.66. The van der Waals surface area contributed by atoms with Crippen LogP contribution in [0.4, 0.5) is 4.39 Å². The van der Waals surface area contributed by atoms with Gasteiger partial charge >= 0.3 is 0 Å². The minimum Gasteiger partial charge on any atom is -0.303 e. The lowest BCUT2D eigenvalue weighted by Gasteiger charge is -2.23. The third kappa shape index (κ3) is 3.90. The van der Waals surface area contributed by atoms with Crippen LogP contribution in [0, 0.1) is 5.82 Å². The molecule has 106 valence electrons. The van der Waals surface area contributed by atoms with Crippen molar-refractivity contribution >= 4 is 15.9 Å². The van der Waals surface area contributed by atoms with E-state index in [0.717, 1.165) is 16.5 Å². The summed E-state index contributed by atoms with van der Waals surface area (Å²) >= 11 is 3.49. The summed E-state index contributed by atoms with van der Waals surface area (Å²) in [6.07, 6.45) is 0.918. The van der Waals surface area contributed by atoms with Crippen molar-refractivity contribution in [2.75, 3.05) is 0 Å². The summed E-state index contributed by atoms with van der Waals surface area (Å²) in [5.74, 6) is -0.183. The molecule has 2 aromatic rings. The van der Waals surface area contributed by atoms with Crippen molar-refractivity contribution in [3.8, 4) is 0 Å². The lowest BCUT2D eigenvalue weighted by molar-refractivity contribution is 0.454. The summed E-state index contributed by atoms with van der Waals surface area (Å²) in [6, 6.07) is 15.4. The monoisotopic (exact) mass is 335 g/mol. The molecule has 1 unspecified atom stereocenters. The van der Waals surface area contributed by atoms with Crippen LogP contribution in [0.5, 0.6) is 0 Å². The Morgan fingerprint density at radius 3 is 2.45 bits per heavy atom. The number of nitrogens with one attached hydrogen (secondary N) is 1. The van der Waals surface area contributed by atoms with E-state index in [2.05, 4.69) is 47.2 Å². The van der Waals surface area contributed by atoms with Crippen LogP contribution in [-0.2, 0) is 0 Å². The molecule has 2 aromatic carbocycles. The Kier molecular flexibility index (Phi) is 5.32. The molecule has 0 aliphatic carbocycles. The van der Waals surface area contributed by atoms with Crippen molar-refractivity contribution in [3.05, 3.63) is 69.9 Å². The zero-order valence-electron chi connectivity index (χ0n) is 11.7. The summed E-state index contributed by atoms with van der Waals surface area (Å²) in [6.45, 7) is 4.24. The molecule has 0 heterocycles. The van der Waals surface area contributed by atoms with Gasteiger partial charge in [0.05, 0.1) is 0 Å². The van der Waals surface area contributed by atoms with E-state index in [4.69, 9.17) is 0 Å². The SMILES string of the molecule is CCC(N[C@@H](C)c1cccc(Br)c1)c1cccc(F)c1. The predicted molar refractivity (Wildman–Crippen MR) is 85.1 cm³/mol. The van der Waals surface area contributed by atoms with E-state index in [-0.39, 0.29) is 17.9 Å². The molecule has 0 saturated carbocycles. The number of benzene rings is 2. The Hall–Kier alpha value is -1.19. The standard InChI is InChI=1S/C17H19BrFN/c1-3-17(14-7-5-9-16(19)11-14)20-12(2)13-6-4-8-15(18)10-13/h4-12,17,20H,3H2,1-2H3/t12-,17?/m0/s1. The van der Waals surface area contributed by atoms with Gasteiger partial charge in [0.1, 0.15) is 5.82 Å². The van der Waals surface area contributed by atoms with Crippen LogP contribution in [0.3, 0.4) is 0 Å². The molecule has 0 spiro atoms. The average molecular weight is 336 g/mol. The average Bonchev–Trinajstić information content (AvgIpc) is 2.44. The summed E-state index contributed by atoms with van der Waals surface area (Å²) < 4.78 is 14.4. The first-order chi connectivity index (χ1) is 9.60. The summed E-state index contributed by atoms with van der Waals surface area (Å²) in [7, 11) is 0. The molecule has 0 fully saturated rings. The number of hydrogen-bond acceptors (Lipinski definition) is 1. The third-order valence-corrected chi connectivity index (χ3v) is 3.95. The second kappa shape index (κ2) is 7.00. The van der Waals surface area contributed by atoms with E-state index in [1.54, 1.807) is 12.1 Å². The van der Waals surface area contributed by atoms with Crippen LogP contribution in [0.2, 0.25) is 0 Å². The van der Waals surface area contributed by atoms with Crippen molar-refractivity contribution in [1.82, 2.24) is 5.32 Å². The predicted octanol–water partition coefficient (Wildman–Crippen LogP) is 5.39. The molecule has 20 heavy (non-hydrogen) atoms. The molecule has 1 N–H and O–H groups in total. The van der Waals surface area contributed by atoms with Gasteiger partial charge in [-0.25, -0.2) is 4.39 Å². The van der Waals surface area contributed by atoms with Crippen LogP contribution >= 0.6 is 15.9 Å². The Morgan fingerprint density at radius 2 is 1.80 bits per heavy atom. The van der Waals surface area contributed by atoms with Gasteiger partial charge in [0.15, 0.2) is 0 Å². The third-order valence-electron chi connectivity index (χ3n) is 3.46. The van der Waals surface area contributed by atoms with E-state index < -0.39 is 0 Å². The molecule has 2 atom stereocenters. The highest BCUT2D eigenvalue weighted by Gasteiger charge is 2.14. The fourth-order valence-corrected chi connectivity index (χ4v) is 2.76. The van der Waals surface area contributed by atoms with Crippen LogP contribution in [0.1, 0.15) is 43.5 Å². The highest BCUT2D eigenvalue weighted by Crippen LogP contribution is 2.24. The highest BCUT2D eigenvalue weighted by atomic mass is 79.9. The first kappa shape index (κ1) is 15.2. The maximum Gasteiger partial charge on any atom is 0.123 e. The van der Waals surface area contributed by atoms with Crippen LogP contribution in [0.15, 0.2) is 53.0 Å². The molecular weight excluding hydrogens is 317 g/mol. The minimum atomic E-state index is -0.183. The Balaban J connectivity index is 2.14. The lowest BCUT2D eigenvalue weighted by Crippen LogP contribution is -2.24. The summed E-state index contributed by atoms with van der Waals surface area (Å²) in [4.78, 5) is 0. The van der Waals surface area contributed by atoms with Crippen LogP contribution in [-0.4, -0.2) is 0 Å². The van der Waals surface area contributed by atoms with E-state index in [9.17, 15) is 4.39 Å². The van der Waals surface area contributed by atoms with Crippen LogP contribution < -0.4 is 5.32 Å². The van der Waals surface area contributed by atoms with Gasteiger partial charge in [0, 0.05) is 16.6 Å². The Bertz CT molecular complexity index is 570. The topological polar surface area (TPSA) is 12.0 Å². The minimum absolute atomic E-state index is 0.152. The normalized spacial score (nSPS) is 14.0. The molecule has 0 aliphatic rings. The number of hydrogen-bond donors (Lipinski definition) is 1. The zero-order valence-corrected chi connectivity index (χ0v) is 13.3. The molecule has 0 aromatic heterocycles. The van der Waals surface area contributed by atoms with Crippen molar-refractivity contribution in [2.45, 2.75) is 32.4 Å². The van der Waals surface area contributed by atoms with E-state index in [0.29, 0.717) is 0 Å². The number of rotatable bonds is 5. The highest BCUT2D eigenvalue weighted by molar-refractivity contribution is 9.10. The molecule has 0 saturated heterocycles. The summed E-state index contributed by atoms with van der Waals surface area (Å²) in [5, 5.41) is 3.57. The van der Waals surface area contributed by atoms with Crippen molar-refractivity contribution in [3.63, 3.8) is 0 Å². The second-order valence-corrected chi connectivity index (χ2v) is 5.87. The van der Waals surface area contributed by atoms with Gasteiger partial charge in [-0.15, -0.1) is 0 Å². The largest absolute Gasteiger partial charge is 0.303 e. The van der Waals surface area contributed by atoms with Gasteiger partial charge < -0.3 is 5.32 Å². The lowest BCUT2D eigenvalue weighted by atomic mass is 10.0. The van der Waals surface area contributed by atoms with Gasteiger partial charge in [0.25, 0.3) is 0 Å². The second-order valence-electron chi connectivity index (χ2n) is 4.96. The van der Waals surface area contributed by atoms with E-state index in [1.165, 1.54) is 11.6 Å². The van der Waals surface area contributed by atoms with Gasteiger partial charge in [-0.05, 0) is 48.7 Å².